The van der Waals surface area contributed by atoms with E-state index in [1.54, 1.807) is 8.61 Å². The normalized spacial score (nSPS) is 21.6. The number of rotatable bonds is 5. The van der Waals surface area contributed by atoms with Gasteiger partial charge in [-0.05, 0) is 60.7 Å². The number of hydrogen-bond acceptors (Lipinski definition) is 6. The molecule has 2 aliphatic heterocycles. The molecule has 2 heterocycles. The van der Waals surface area contributed by atoms with Gasteiger partial charge in [0.25, 0.3) is 0 Å². The molecule has 2 aliphatic rings. The molecule has 9 heteroatoms. The predicted octanol–water partition coefficient (Wildman–Crippen LogP) is 4.35. The van der Waals surface area contributed by atoms with Crippen LogP contribution in [0.25, 0.3) is 0 Å². The van der Waals surface area contributed by atoms with Crippen LogP contribution < -0.4 is 14.3 Å². The number of nitrogens with two attached hydrogens (primary N) is 1. The van der Waals surface area contributed by atoms with Gasteiger partial charge in [0.2, 0.25) is 0 Å². The molecule has 0 saturated carbocycles. The molecule has 0 bridgehead atoms. The van der Waals surface area contributed by atoms with Gasteiger partial charge in [-0.25, -0.2) is 4.31 Å². The number of fused-ring (bicyclic) bond motifs is 1. The van der Waals surface area contributed by atoms with Gasteiger partial charge in [-0.3, -0.25) is 13.4 Å². The molecule has 1 atom stereocenters. The van der Waals surface area contributed by atoms with Crippen molar-refractivity contribution in [2.24, 2.45) is 11.7 Å². The molecule has 156 valence electrons. The van der Waals surface area contributed by atoms with Crippen LogP contribution in [0.15, 0.2) is 54.6 Å². The lowest BCUT2D eigenvalue weighted by molar-refractivity contribution is 0.333. The van der Waals surface area contributed by atoms with Crippen LogP contribution in [0.3, 0.4) is 0 Å². The minimum absolute atomic E-state index is 0. The van der Waals surface area contributed by atoms with Crippen molar-refractivity contribution < 1.29 is 9.11 Å². The van der Waals surface area contributed by atoms with Gasteiger partial charge in [0, 0.05) is 13.1 Å². The van der Waals surface area contributed by atoms with Crippen LogP contribution in [0.1, 0.15) is 6.42 Å². The van der Waals surface area contributed by atoms with Crippen molar-refractivity contribution >= 4 is 52.8 Å². The largest absolute Gasteiger partial charge is 0.330 e. The number of anilines is 3. The Morgan fingerprint density at radius 1 is 0.929 bits per heavy atom. The topological polar surface area (TPSA) is 76.2 Å². The van der Waals surface area contributed by atoms with Gasteiger partial charge in [0.05, 0.1) is 23.6 Å². The molecule has 28 heavy (non-hydrogen) atoms. The molecule has 0 amide bonds. The summed E-state index contributed by atoms with van der Waals surface area (Å²) >= 11 is 0. The lowest BCUT2D eigenvalue weighted by Crippen LogP contribution is -2.37. The fourth-order valence-electron chi connectivity index (χ4n) is 3.84. The zero-order valence-electron chi connectivity index (χ0n) is 15.6. The van der Waals surface area contributed by atoms with Gasteiger partial charge in [-0.2, -0.15) is 0 Å². The summed E-state index contributed by atoms with van der Waals surface area (Å²) in [6, 6.07) is 17.3. The molecular formula is C19H28Cl2N4O2S. The van der Waals surface area contributed by atoms with E-state index < -0.39 is 11.0 Å². The zero-order chi connectivity index (χ0) is 18.1. The van der Waals surface area contributed by atoms with Gasteiger partial charge in [-0.1, -0.05) is 30.3 Å². The fraction of sp³-hybridized carbons (Fsp3) is 0.368. The Bertz CT molecular complexity index is 769. The van der Waals surface area contributed by atoms with Crippen LogP contribution in [-0.4, -0.2) is 46.7 Å². The van der Waals surface area contributed by atoms with Crippen LogP contribution >= 0.6 is 35.8 Å². The van der Waals surface area contributed by atoms with E-state index in [0.717, 1.165) is 49.7 Å². The second kappa shape index (κ2) is 9.54. The summed E-state index contributed by atoms with van der Waals surface area (Å²) in [6.07, 6.45) is 1.12. The highest BCUT2D eigenvalue weighted by Gasteiger charge is 2.41. The summed E-state index contributed by atoms with van der Waals surface area (Å²) < 4.78 is 25.6. The Morgan fingerprint density at radius 2 is 1.57 bits per heavy atom. The minimum atomic E-state index is -3.14. The highest BCUT2D eigenvalue weighted by atomic mass is 35.5. The zero-order valence-corrected chi connectivity index (χ0v) is 18.0. The SMILES string of the molecule is Cl.Cl.NCC1CCN(CCN2c3ccccc3N(c3ccccc3)S2(O)O)C1. The van der Waals surface area contributed by atoms with Crippen LogP contribution in [0, 0.1) is 5.92 Å². The third-order valence-corrected chi connectivity index (χ3v) is 7.09. The summed E-state index contributed by atoms with van der Waals surface area (Å²) in [5.41, 5.74) is 8.27. The summed E-state index contributed by atoms with van der Waals surface area (Å²) in [5.74, 6) is 0.557. The third kappa shape index (κ3) is 4.21. The first-order valence-corrected chi connectivity index (χ1v) is 10.5. The van der Waals surface area contributed by atoms with Gasteiger partial charge >= 0.3 is 0 Å². The van der Waals surface area contributed by atoms with Crippen molar-refractivity contribution in [3.63, 3.8) is 0 Å². The van der Waals surface area contributed by atoms with Crippen LogP contribution in [-0.2, 0) is 0 Å². The molecule has 1 unspecified atom stereocenters. The van der Waals surface area contributed by atoms with Crippen molar-refractivity contribution in [3.8, 4) is 0 Å². The second-order valence-electron chi connectivity index (χ2n) is 6.90. The van der Waals surface area contributed by atoms with Gasteiger partial charge in [-0.15, -0.1) is 24.8 Å². The van der Waals surface area contributed by atoms with Crippen molar-refractivity contribution in [1.82, 2.24) is 4.90 Å². The summed E-state index contributed by atoms with van der Waals surface area (Å²) in [4.78, 5) is 2.36. The second-order valence-corrected chi connectivity index (χ2v) is 8.69. The fourth-order valence-corrected chi connectivity index (χ4v) is 5.60. The lowest BCUT2D eigenvalue weighted by atomic mass is 10.1. The van der Waals surface area contributed by atoms with Gasteiger partial charge in [0.1, 0.15) is 0 Å². The number of hydrogen-bond donors (Lipinski definition) is 3. The van der Waals surface area contributed by atoms with E-state index in [0.29, 0.717) is 12.5 Å². The van der Waals surface area contributed by atoms with Gasteiger partial charge in [0.15, 0.2) is 0 Å². The number of likely N-dealkylation sites (tertiary alicyclic amines) is 1. The van der Waals surface area contributed by atoms with Crippen LogP contribution in [0.2, 0.25) is 0 Å². The van der Waals surface area contributed by atoms with Crippen molar-refractivity contribution in [2.45, 2.75) is 6.42 Å². The monoisotopic (exact) mass is 446 g/mol. The van der Waals surface area contributed by atoms with Crippen molar-refractivity contribution in [3.05, 3.63) is 54.6 Å². The molecule has 4 N–H and O–H groups in total. The lowest BCUT2D eigenvalue weighted by Gasteiger charge is -2.44. The minimum Gasteiger partial charge on any atom is -0.330 e. The molecule has 0 radical (unpaired) electrons. The van der Waals surface area contributed by atoms with E-state index in [1.807, 2.05) is 54.6 Å². The maximum absolute atomic E-state index is 11.1. The molecule has 1 fully saturated rings. The van der Waals surface area contributed by atoms with Crippen LogP contribution in [0.4, 0.5) is 17.1 Å². The van der Waals surface area contributed by atoms with Crippen molar-refractivity contribution in [1.29, 1.82) is 0 Å². The first kappa shape index (κ1) is 23.1. The van der Waals surface area contributed by atoms with Crippen molar-refractivity contribution in [2.75, 3.05) is 41.3 Å². The Balaban J connectivity index is 0.00000140. The Kier molecular flexibility index (Phi) is 7.87. The quantitative estimate of drug-likeness (QED) is 0.633. The number of para-hydroxylation sites is 3. The first-order valence-electron chi connectivity index (χ1n) is 9.04. The molecule has 6 nitrogen and oxygen atoms in total. The Labute approximate surface area is 180 Å². The maximum atomic E-state index is 11.1. The molecule has 1 saturated heterocycles. The van der Waals surface area contributed by atoms with E-state index in [9.17, 15) is 9.11 Å². The molecule has 0 aromatic heterocycles. The van der Waals surface area contributed by atoms with E-state index in [-0.39, 0.29) is 24.8 Å². The molecule has 2 aromatic rings. The van der Waals surface area contributed by atoms with E-state index in [4.69, 9.17) is 5.73 Å². The average molecular weight is 447 g/mol. The number of benzene rings is 2. The maximum Gasteiger partial charge on any atom is 0.0896 e. The molecule has 4 rings (SSSR count). The highest BCUT2D eigenvalue weighted by molar-refractivity contribution is 8.27. The standard InChI is InChI=1S/C19H26N4O2S.2ClH/c20-14-16-10-11-21(15-16)12-13-22-18-8-4-5-9-19(18)23(26(22,24)25)17-6-2-1-3-7-17;;/h1-9,16,24-25H,10-15,20H2;2*1H. The summed E-state index contributed by atoms with van der Waals surface area (Å²) in [5, 5.41) is 0. The molecule has 0 spiro atoms. The summed E-state index contributed by atoms with van der Waals surface area (Å²) in [7, 11) is -3.14. The summed E-state index contributed by atoms with van der Waals surface area (Å²) in [6.45, 7) is 4.11. The smallest absolute Gasteiger partial charge is 0.0896 e. The predicted molar refractivity (Wildman–Crippen MR) is 123 cm³/mol. The van der Waals surface area contributed by atoms with E-state index in [1.165, 1.54) is 0 Å². The molecule has 0 aliphatic carbocycles. The Hall–Kier alpha value is -1.19. The number of nitrogens with zero attached hydrogens (tertiary/aromatic N) is 3. The first-order chi connectivity index (χ1) is 12.6. The van der Waals surface area contributed by atoms with Gasteiger partial charge < -0.3 is 10.6 Å². The molecular weight excluding hydrogens is 419 g/mol. The average Bonchev–Trinajstić information content (AvgIpc) is 3.20. The Morgan fingerprint density at radius 3 is 2.21 bits per heavy atom. The molecule has 2 aromatic carbocycles. The van der Waals surface area contributed by atoms with Crippen LogP contribution in [0.5, 0.6) is 0 Å². The third-order valence-electron chi connectivity index (χ3n) is 5.22. The van der Waals surface area contributed by atoms with E-state index >= 15 is 0 Å². The van der Waals surface area contributed by atoms with E-state index in [2.05, 4.69) is 4.90 Å². The highest BCUT2D eigenvalue weighted by Crippen LogP contribution is 2.63. The number of halogens is 2.